The van der Waals surface area contributed by atoms with E-state index in [0.29, 0.717) is 5.75 Å². The van der Waals surface area contributed by atoms with Gasteiger partial charge < -0.3 is 15.0 Å². The molecule has 1 amide bonds. The van der Waals surface area contributed by atoms with Crippen LogP contribution in [0.25, 0.3) is 0 Å². The standard InChI is InChI=1S/C15H23FN2O2/c1-10(2)18(5)15(19)9-20-14-8-12(16)6-7-13(14)11(3)17-4/h6-8,10-11,17H,9H2,1-5H3. The van der Waals surface area contributed by atoms with Crippen LogP contribution in [0.15, 0.2) is 18.2 Å². The smallest absolute Gasteiger partial charge is 0.260 e. The highest BCUT2D eigenvalue weighted by molar-refractivity contribution is 5.77. The molecular formula is C15H23FN2O2. The fourth-order valence-corrected chi connectivity index (χ4v) is 1.68. The molecule has 1 atom stereocenters. The molecule has 20 heavy (non-hydrogen) atoms. The van der Waals surface area contributed by atoms with Crippen molar-refractivity contribution in [1.29, 1.82) is 0 Å². The van der Waals surface area contributed by atoms with Crippen LogP contribution >= 0.6 is 0 Å². The number of benzene rings is 1. The molecule has 4 nitrogen and oxygen atoms in total. The van der Waals surface area contributed by atoms with Crippen LogP contribution in [0.4, 0.5) is 4.39 Å². The fourth-order valence-electron chi connectivity index (χ4n) is 1.68. The number of likely N-dealkylation sites (N-methyl/N-ethyl adjacent to an activating group) is 1. The molecule has 112 valence electrons. The van der Waals surface area contributed by atoms with E-state index >= 15 is 0 Å². The number of amides is 1. The van der Waals surface area contributed by atoms with Crippen molar-refractivity contribution in [1.82, 2.24) is 10.2 Å². The first-order chi connectivity index (χ1) is 9.36. The molecule has 0 fully saturated rings. The zero-order valence-corrected chi connectivity index (χ0v) is 12.7. The highest BCUT2D eigenvalue weighted by Crippen LogP contribution is 2.26. The van der Waals surface area contributed by atoms with Crippen LogP contribution in [0, 0.1) is 5.82 Å². The summed E-state index contributed by atoms with van der Waals surface area (Å²) in [5.74, 6) is -0.110. The van der Waals surface area contributed by atoms with Gasteiger partial charge in [-0.05, 0) is 33.9 Å². The van der Waals surface area contributed by atoms with Gasteiger partial charge in [-0.2, -0.15) is 0 Å². The zero-order valence-electron chi connectivity index (χ0n) is 12.7. The molecule has 5 heteroatoms. The van der Waals surface area contributed by atoms with Crippen molar-refractivity contribution >= 4 is 5.91 Å². The molecule has 1 aromatic carbocycles. The molecule has 1 N–H and O–H groups in total. The van der Waals surface area contributed by atoms with Crippen molar-refractivity contribution in [2.24, 2.45) is 0 Å². The van der Waals surface area contributed by atoms with Crippen LogP contribution in [0.2, 0.25) is 0 Å². The Bertz CT molecular complexity index is 463. The number of rotatable bonds is 6. The van der Waals surface area contributed by atoms with E-state index in [-0.39, 0.29) is 30.4 Å². The summed E-state index contributed by atoms with van der Waals surface area (Å²) in [4.78, 5) is 13.5. The monoisotopic (exact) mass is 282 g/mol. The maximum Gasteiger partial charge on any atom is 0.260 e. The second kappa shape index (κ2) is 7.24. The summed E-state index contributed by atoms with van der Waals surface area (Å²) in [6.07, 6.45) is 0. The van der Waals surface area contributed by atoms with E-state index in [4.69, 9.17) is 4.74 Å². The third-order valence-corrected chi connectivity index (χ3v) is 3.39. The molecule has 0 radical (unpaired) electrons. The van der Waals surface area contributed by atoms with Gasteiger partial charge in [0.25, 0.3) is 5.91 Å². The first-order valence-electron chi connectivity index (χ1n) is 6.72. The largest absolute Gasteiger partial charge is 0.483 e. The minimum absolute atomic E-state index is 0.0172. The molecule has 0 saturated heterocycles. The topological polar surface area (TPSA) is 41.6 Å². The van der Waals surface area contributed by atoms with Crippen LogP contribution < -0.4 is 10.1 Å². The van der Waals surface area contributed by atoms with E-state index in [2.05, 4.69) is 5.32 Å². The van der Waals surface area contributed by atoms with Crippen molar-refractivity contribution in [3.63, 3.8) is 0 Å². The second-order valence-corrected chi connectivity index (χ2v) is 5.08. The summed E-state index contributed by atoms with van der Waals surface area (Å²) in [6, 6.07) is 4.49. The maximum atomic E-state index is 13.3. The molecule has 0 aliphatic carbocycles. The molecule has 0 aromatic heterocycles. The van der Waals surface area contributed by atoms with Gasteiger partial charge in [0.15, 0.2) is 6.61 Å². The van der Waals surface area contributed by atoms with E-state index in [1.807, 2.05) is 27.8 Å². The third-order valence-electron chi connectivity index (χ3n) is 3.39. The molecule has 1 rings (SSSR count). The van der Waals surface area contributed by atoms with E-state index in [1.165, 1.54) is 12.1 Å². The second-order valence-electron chi connectivity index (χ2n) is 5.08. The van der Waals surface area contributed by atoms with Crippen molar-refractivity contribution in [2.45, 2.75) is 32.9 Å². The SMILES string of the molecule is CNC(C)c1ccc(F)cc1OCC(=O)N(C)C(C)C. The number of nitrogens with zero attached hydrogens (tertiary/aromatic N) is 1. The molecule has 0 bridgehead atoms. The number of hydrogen-bond acceptors (Lipinski definition) is 3. The molecule has 0 aliphatic rings. The summed E-state index contributed by atoms with van der Waals surface area (Å²) in [5, 5.41) is 3.07. The first kappa shape index (κ1) is 16.4. The molecule has 0 heterocycles. The molecule has 0 spiro atoms. The lowest BCUT2D eigenvalue weighted by Crippen LogP contribution is -2.36. The van der Waals surface area contributed by atoms with Gasteiger partial charge in [-0.1, -0.05) is 6.07 Å². The Kier molecular flexibility index (Phi) is 5.95. The van der Waals surface area contributed by atoms with E-state index < -0.39 is 0 Å². The number of halogens is 1. The zero-order chi connectivity index (χ0) is 15.3. The van der Waals surface area contributed by atoms with Crippen molar-refractivity contribution in [3.05, 3.63) is 29.6 Å². The van der Waals surface area contributed by atoms with Crippen LogP contribution in [-0.4, -0.2) is 37.6 Å². The lowest BCUT2D eigenvalue weighted by molar-refractivity contribution is -0.133. The van der Waals surface area contributed by atoms with Gasteiger partial charge in [0, 0.05) is 30.8 Å². The predicted molar refractivity (Wildman–Crippen MR) is 77.3 cm³/mol. The molecule has 1 aromatic rings. The maximum absolute atomic E-state index is 13.3. The van der Waals surface area contributed by atoms with Crippen LogP contribution in [0.1, 0.15) is 32.4 Å². The van der Waals surface area contributed by atoms with Gasteiger partial charge in [-0.15, -0.1) is 0 Å². The molecule has 1 unspecified atom stereocenters. The lowest BCUT2D eigenvalue weighted by atomic mass is 10.1. The minimum Gasteiger partial charge on any atom is -0.483 e. The summed E-state index contributed by atoms with van der Waals surface area (Å²) in [6.45, 7) is 5.70. The number of carbonyl (C=O) groups is 1. The van der Waals surface area contributed by atoms with E-state index in [1.54, 1.807) is 18.0 Å². The quantitative estimate of drug-likeness (QED) is 0.871. The van der Waals surface area contributed by atoms with Crippen molar-refractivity contribution in [3.8, 4) is 5.75 Å². The fraction of sp³-hybridized carbons (Fsp3) is 0.533. The van der Waals surface area contributed by atoms with Gasteiger partial charge in [0.05, 0.1) is 0 Å². The Labute approximate surface area is 119 Å². The summed E-state index contributed by atoms with van der Waals surface area (Å²) in [7, 11) is 3.54. The van der Waals surface area contributed by atoms with Crippen LogP contribution in [0.5, 0.6) is 5.75 Å². The lowest BCUT2D eigenvalue weighted by Gasteiger charge is -2.22. The summed E-state index contributed by atoms with van der Waals surface area (Å²) >= 11 is 0. The van der Waals surface area contributed by atoms with Gasteiger partial charge in [-0.3, -0.25) is 4.79 Å². The third kappa shape index (κ3) is 4.20. The number of ether oxygens (including phenoxy) is 1. The Morgan fingerprint density at radius 2 is 2.05 bits per heavy atom. The Balaban J connectivity index is 2.81. The number of nitrogens with one attached hydrogen (secondary N) is 1. The summed E-state index contributed by atoms with van der Waals surface area (Å²) < 4.78 is 18.8. The van der Waals surface area contributed by atoms with Gasteiger partial charge in [0.1, 0.15) is 11.6 Å². The normalized spacial score (nSPS) is 12.3. The van der Waals surface area contributed by atoms with Gasteiger partial charge >= 0.3 is 0 Å². The Morgan fingerprint density at radius 1 is 1.40 bits per heavy atom. The molecule has 0 saturated carbocycles. The Hall–Kier alpha value is -1.62. The van der Waals surface area contributed by atoms with Gasteiger partial charge in [-0.25, -0.2) is 4.39 Å². The summed E-state index contributed by atoms with van der Waals surface area (Å²) in [5.41, 5.74) is 0.828. The Morgan fingerprint density at radius 3 is 2.60 bits per heavy atom. The van der Waals surface area contributed by atoms with Crippen LogP contribution in [-0.2, 0) is 4.79 Å². The van der Waals surface area contributed by atoms with E-state index in [0.717, 1.165) is 5.56 Å². The predicted octanol–water partition coefficient (Wildman–Crippen LogP) is 2.35. The van der Waals surface area contributed by atoms with Gasteiger partial charge in [0.2, 0.25) is 0 Å². The van der Waals surface area contributed by atoms with Crippen LogP contribution in [0.3, 0.4) is 0 Å². The highest BCUT2D eigenvalue weighted by atomic mass is 19.1. The van der Waals surface area contributed by atoms with Crippen molar-refractivity contribution in [2.75, 3.05) is 20.7 Å². The minimum atomic E-state index is -0.378. The van der Waals surface area contributed by atoms with E-state index in [9.17, 15) is 9.18 Å². The first-order valence-corrected chi connectivity index (χ1v) is 6.72. The van der Waals surface area contributed by atoms with Crippen molar-refractivity contribution < 1.29 is 13.9 Å². The average molecular weight is 282 g/mol. The highest BCUT2D eigenvalue weighted by Gasteiger charge is 2.15. The molecular weight excluding hydrogens is 259 g/mol. The average Bonchev–Trinajstić information content (AvgIpc) is 2.42. The number of carbonyl (C=O) groups excluding carboxylic acids is 1. The number of hydrogen-bond donors (Lipinski definition) is 1. The molecule has 0 aliphatic heterocycles.